The fourth-order valence-electron chi connectivity index (χ4n) is 3.12. The number of nitrogens with zero attached hydrogens (tertiary/aromatic N) is 3. The van der Waals surface area contributed by atoms with Gasteiger partial charge in [-0.2, -0.15) is 17.9 Å². The first kappa shape index (κ1) is 20.7. The van der Waals surface area contributed by atoms with Gasteiger partial charge in [0.05, 0.1) is 36.4 Å². The maximum atomic E-state index is 13.2. The van der Waals surface area contributed by atoms with Gasteiger partial charge in [-0.15, -0.1) is 5.10 Å². The summed E-state index contributed by atoms with van der Waals surface area (Å²) in [5.41, 5.74) is -0.503. The molecule has 0 atom stereocenters. The van der Waals surface area contributed by atoms with Crippen LogP contribution in [0, 0.1) is 0 Å². The number of ether oxygens (including phenoxy) is 1. The molecule has 1 fully saturated rings. The number of hydrogen-bond donors (Lipinski definition) is 1. The first-order chi connectivity index (χ1) is 14.8. The second kappa shape index (κ2) is 8.30. The Hall–Kier alpha value is -3.54. The molecule has 12 heteroatoms. The molecule has 1 N–H and O–H groups in total. The summed E-state index contributed by atoms with van der Waals surface area (Å²) in [4.78, 5) is 26.3. The molecule has 31 heavy (non-hydrogen) atoms. The lowest BCUT2D eigenvalue weighted by Crippen LogP contribution is -2.37. The Kier molecular flexibility index (Phi) is 5.55. The van der Waals surface area contributed by atoms with Crippen LogP contribution in [0.25, 0.3) is 11.7 Å². The lowest BCUT2D eigenvalue weighted by atomic mass is 10.1. The molecule has 9 nitrogen and oxygen atoms in total. The van der Waals surface area contributed by atoms with E-state index < -0.39 is 29.9 Å². The topological polar surface area (TPSA) is 103 Å². The van der Waals surface area contributed by atoms with E-state index in [1.165, 1.54) is 18.4 Å². The smallest absolute Gasteiger partial charge is 0.437 e. The van der Waals surface area contributed by atoms with Crippen molar-refractivity contribution in [1.82, 2.24) is 9.78 Å². The highest BCUT2D eigenvalue weighted by molar-refractivity contribution is 5.94. The number of carbonyl (C=O) groups is 1. The fourth-order valence-corrected chi connectivity index (χ4v) is 3.12. The Bertz CT molecular complexity index is 1110. The number of carbonyl (C=O) groups excluding carboxylic acids is 1. The maximum absolute atomic E-state index is 13.2. The molecule has 1 amide bonds. The zero-order valence-electron chi connectivity index (χ0n) is 16.0. The number of rotatable bonds is 5. The van der Waals surface area contributed by atoms with E-state index in [4.69, 9.17) is 13.6 Å². The largest absolute Gasteiger partial charge is 0.459 e. The highest BCUT2D eigenvalue weighted by Crippen LogP contribution is 2.35. The lowest BCUT2D eigenvalue weighted by Gasteiger charge is -2.31. The minimum absolute atomic E-state index is 0.0236. The van der Waals surface area contributed by atoms with Gasteiger partial charge < -0.3 is 23.8 Å². The normalized spacial score (nSPS) is 14.6. The lowest BCUT2D eigenvalue weighted by molar-refractivity contribution is -0.137. The number of morpholine rings is 1. The SMILES string of the molecule is O=C(Cn1nc(-c2ccco2)oc1=O)Nc1cc(C(F)(F)F)ccc1N1CCOCC1. The Morgan fingerprint density at radius 1 is 1.19 bits per heavy atom. The molecule has 0 radical (unpaired) electrons. The van der Waals surface area contributed by atoms with Crippen molar-refractivity contribution >= 4 is 17.3 Å². The van der Waals surface area contributed by atoms with Crippen molar-refractivity contribution in [3.05, 3.63) is 52.7 Å². The summed E-state index contributed by atoms with van der Waals surface area (Å²) in [7, 11) is 0. The molecule has 1 aliphatic rings. The van der Waals surface area contributed by atoms with Gasteiger partial charge in [0.25, 0.3) is 5.89 Å². The van der Waals surface area contributed by atoms with Crippen molar-refractivity contribution in [2.45, 2.75) is 12.7 Å². The Balaban J connectivity index is 1.57. The zero-order chi connectivity index (χ0) is 22.0. The molecule has 3 aromatic rings. The van der Waals surface area contributed by atoms with E-state index in [-0.39, 0.29) is 17.3 Å². The van der Waals surface area contributed by atoms with E-state index in [0.717, 1.165) is 16.8 Å². The average molecular weight is 438 g/mol. The number of nitrogens with one attached hydrogen (secondary N) is 1. The molecular weight excluding hydrogens is 421 g/mol. The number of furan rings is 1. The molecule has 0 aliphatic carbocycles. The quantitative estimate of drug-likeness (QED) is 0.653. The standard InChI is InChI=1S/C19H17F3N4O5/c20-19(21,22)12-3-4-14(25-5-8-29-9-6-25)13(10-12)23-16(27)11-26-18(28)31-17(24-26)15-2-1-7-30-15/h1-4,7,10H,5-6,8-9,11H2,(H,23,27). The van der Waals surface area contributed by atoms with Crippen LogP contribution in [0.15, 0.2) is 50.2 Å². The van der Waals surface area contributed by atoms with Crippen LogP contribution in [0.5, 0.6) is 0 Å². The molecule has 0 spiro atoms. The summed E-state index contributed by atoms with van der Waals surface area (Å²) in [6.45, 7) is 1.20. The van der Waals surface area contributed by atoms with Crippen molar-refractivity contribution in [3.63, 3.8) is 0 Å². The van der Waals surface area contributed by atoms with E-state index in [9.17, 15) is 22.8 Å². The van der Waals surface area contributed by atoms with Crippen LogP contribution in [0.2, 0.25) is 0 Å². The molecule has 0 saturated carbocycles. The molecule has 4 rings (SSSR count). The molecule has 1 aromatic carbocycles. The molecule has 0 unspecified atom stereocenters. The van der Waals surface area contributed by atoms with Gasteiger partial charge in [-0.3, -0.25) is 4.79 Å². The fraction of sp³-hybridized carbons (Fsp3) is 0.316. The van der Waals surface area contributed by atoms with Crippen LogP contribution >= 0.6 is 0 Å². The zero-order valence-corrected chi connectivity index (χ0v) is 16.0. The van der Waals surface area contributed by atoms with E-state index in [2.05, 4.69) is 10.4 Å². The van der Waals surface area contributed by atoms with Crippen LogP contribution in [0.4, 0.5) is 24.5 Å². The summed E-state index contributed by atoms with van der Waals surface area (Å²) in [5, 5.41) is 6.33. The van der Waals surface area contributed by atoms with Crippen molar-refractivity contribution in [2.75, 3.05) is 36.5 Å². The summed E-state index contributed by atoms with van der Waals surface area (Å²) in [5.74, 6) is -1.56. The number of benzene rings is 1. The third kappa shape index (κ3) is 4.63. The first-order valence-electron chi connectivity index (χ1n) is 9.27. The molecule has 164 valence electrons. The Morgan fingerprint density at radius 3 is 2.65 bits per heavy atom. The highest BCUT2D eigenvalue weighted by atomic mass is 19.4. The predicted molar refractivity (Wildman–Crippen MR) is 102 cm³/mol. The number of alkyl halides is 3. The number of amides is 1. The van der Waals surface area contributed by atoms with Gasteiger partial charge in [0, 0.05) is 13.1 Å². The Labute approximate surface area is 173 Å². The van der Waals surface area contributed by atoms with Crippen LogP contribution in [-0.2, 0) is 22.3 Å². The minimum Gasteiger partial charge on any atom is -0.459 e. The third-order valence-electron chi connectivity index (χ3n) is 4.58. The second-order valence-electron chi connectivity index (χ2n) is 6.69. The van der Waals surface area contributed by atoms with E-state index in [1.54, 1.807) is 6.07 Å². The summed E-state index contributed by atoms with van der Waals surface area (Å²) < 4.78 is 55.6. The summed E-state index contributed by atoms with van der Waals surface area (Å²) >= 11 is 0. The van der Waals surface area contributed by atoms with Crippen LogP contribution in [0.1, 0.15) is 5.56 Å². The number of hydrogen-bond acceptors (Lipinski definition) is 7. The van der Waals surface area contributed by atoms with Gasteiger partial charge in [0.2, 0.25) is 5.91 Å². The van der Waals surface area contributed by atoms with Gasteiger partial charge in [0.15, 0.2) is 5.76 Å². The van der Waals surface area contributed by atoms with Crippen molar-refractivity contribution < 1.29 is 31.5 Å². The number of halogens is 3. The van der Waals surface area contributed by atoms with Crippen molar-refractivity contribution in [3.8, 4) is 11.7 Å². The van der Waals surface area contributed by atoms with Gasteiger partial charge in [-0.25, -0.2) is 4.79 Å². The van der Waals surface area contributed by atoms with Gasteiger partial charge in [-0.1, -0.05) is 0 Å². The van der Waals surface area contributed by atoms with Crippen molar-refractivity contribution in [1.29, 1.82) is 0 Å². The maximum Gasteiger partial charge on any atom is 0.437 e. The number of anilines is 2. The molecule has 1 saturated heterocycles. The van der Waals surface area contributed by atoms with E-state index in [0.29, 0.717) is 32.0 Å². The van der Waals surface area contributed by atoms with E-state index in [1.807, 2.05) is 4.90 Å². The van der Waals surface area contributed by atoms with E-state index >= 15 is 0 Å². The molecule has 2 aromatic heterocycles. The molecule has 3 heterocycles. The summed E-state index contributed by atoms with van der Waals surface area (Å²) in [6.07, 6.45) is -3.22. The van der Waals surface area contributed by atoms with Gasteiger partial charge in [-0.05, 0) is 30.3 Å². The van der Waals surface area contributed by atoms with Crippen molar-refractivity contribution in [2.24, 2.45) is 0 Å². The predicted octanol–water partition coefficient (Wildman–Crippen LogP) is 2.59. The summed E-state index contributed by atoms with van der Waals surface area (Å²) in [6, 6.07) is 6.22. The second-order valence-corrected chi connectivity index (χ2v) is 6.69. The Morgan fingerprint density at radius 2 is 1.97 bits per heavy atom. The number of aromatic nitrogens is 2. The molecule has 0 bridgehead atoms. The first-order valence-corrected chi connectivity index (χ1v) is 9.27. The molecular formula is C19H17F3N4O5. The van der Waals surface area contributed by atoms with Gasteiger partial charge in [0.1, 0.15) is 6.54 Å². The van der Waals surface area contributed by atoms with Crippen LogP contribution < -0.4 is 16.0 Å². The molecule has 1 aliphatic heterocycles. The third-order valence-corrected chi connectivity index (χ3v) is 4.58. The monoisotopic (exact) mass is 438 g/mol. The van der Waals surface area contributed by atoms with Crippen LogP contribution in [0.3, 0.4) is 0 Å². The van der Waals surface area contributed by atoms with Crippen LogP contribution in [-0.4, -0.2) is 42.0 Å². The van der Waals surface area contributed by atoms with Gasteiger partial charge >= 0.3 is 11.9 Å². The minimum atomic E-state index is -4.58. The average Bonchev–Trinajstić information content (AvgIpc) is 3.38. The highest BCUT2D eigenvalue weighted by Gasteiger charge is 2.32.